The highest BCUT2D eigenvalue weighted by molar-refractivity contribution is 7.91. The van der Waals surface area contributed by atoms with Crippen LogP contribution in [0, 0.1) is 13.8 Å². The molecule has 0 bridgehead atoms. The quantitative estimate of drug-likeness (QED) is 0.850. The van der Waals surface area contributed by atoms with E-state index in [-0.39, 0.29) is 5.75 Å². The molecule has 4 nitrogen and oxygen atoms in total. The van der Waals surface area contributed by atoms with Crippen LogP contribution in [0.4, 0.5) is 11.4 Å². The van der Waals surface area contributed by atoms with E-state index >= 15 is 0 Å². The van der Waals surface area contributed by atoms with Crippen LogP contribution in [0.1, 0.15) is 16.7 Å². The Morgan fingerprint density at radius 3 is 2.15 bits per heavy atom. The second kappa shape index (κ2) is 5.54. The van der Waals surface area contributed by atoms with Crippen molar-refractivity contribution >= 4 is 21.4 Å². The largest absolute Gasteiger partial charge is 0.399 e. The minimum Gasteiger partial charge on any atom is -0.399 e. The number of benzene rings is 2. The second-order valence-corrected chi connectivity index (χ2v) is 6.60. The van der Waals surface area contributed by atoms with Gasteiger partial charge in [-0.1, -0.05) is 30.3 Å². The van der Waals surface area contributed by atoms with Gasteiger partial charge >= 0.3 is 0 Å². The third kappa shape index (κ3) is 3.51. The van der Waals surface area contributed by atoms with E-state index in [1.807, 2.05) is 32.0 Å². The average Bonchev–Trinajstić information content (AvgIpc) is 2.34. The Labute approximate surface area is 119 Å². The number of sulfonamides is 1. The van der Waals surface area contributed by atoms with Crippen LogP contribution in [0.3, 0.4) is 0 Å². The summed E-state index contributed by atoms with van der Waals surface area (Å²) >= 11 is 0. The van der Waals surface area contributed by atoms with Crippen molar-refractivity contribution in [3.05, 3.63) is 59.2 Å². The SMILES string of the molecule is Cc1cc(N)cc(C)c1NS(=O)(=O)Cc1ccccc1. The molecule has 0 heterocycles. The van der Waals surface area contributed by atoms with Crippen LogP contribution in [-0.4, -0.2) is 8.42 Å². The van der Waals surface area contributed by atoms with Gasteiger partial charge in [0.1, 0.15) is 0 Å². The first-order valence-electron chi connectivity index (χ1n) is 6.28. The predicted molar refractivity (Wildman–Crippen MR) is 83.0 cm³/mol. The van der Waals surface area contributed by atoms with Gasteiger partial charge in [0.25, 0.3) is 0 Å². The summed E-state index contributed by atoms with van der Waals surface area (Å²) in [5.74, 6) is -0.0445. The van der Waals surface area contributed by atoms with Gasteiger partial charge in [0.15, 0.2) is 0 Å². The molecule has 0 saturated carbocycles. The molecule has 2 aromatic carbocycles. The molecule has 0 radical (unpaired) electrons. The summed E-state index contributed by atoms with van der Waals surface area (Å²) < 4.78 is 27.1. The Morgan fingerprint density at radius 2 is 1.60 bits per heavy atom. The average molecular weight is 290 g/mol. The molecule has 0 aliphatic carbocycles. The number of rotatable bonds is 4. The third-order valence-corrected chi connectivity index (χ3v) is 4.24. The smallest absolute Gasteiger partial charge is 0.236 e. The van der Waals surface area contributed by atoms with Gasteiger partial charge in [0, 0.05) is 5.69 Å². The molecule has 0 aliphatic heterocycles. The lowest BCUT2D eigenvalue weighted by Gasteiger charge is -2.14. The van der Waals surface area contributed by atoms with Crippen molar-refractivity contribution in [2.75, 3.05) is 10.5 Å². The molecular formula is C15H18N2O2S. The van der Waals surface area contributed by atoms with Crippen LogP contribution >= 0.6 is 0 Å². The van der Waals surface area contributed by atoms with E-state index in [9.17, 15) is 8.42 Å². The maximum Gasteiger partial charge on any atom is 0.236 e. The van der Waals surface area contributed by atoms with Crippen LogP contribution in [-0.2, 0) is 15.8 Å². The van der Waals surface area contributed by atoms with Gasteiger partial charge in [0.05, 0.1) is 11.4 Å². The summed E-state index contributed by atoms with van der Waals surface area (Å²) in [5, 5.41) is 0. The molecule has 3 N–H and O–H groups in total. The first-order valence-corrected chi connectivity index (χ1v) is 7.94. The zero-order chi connectivity index (χ0) is 14.8. The number of nitrogens with one attached hydrogen (secondary N) is 1. The number of nitrogen functional groups attached to an aromatic ring is 1. The number of aryl methyl sites for hydroxylation is 2. The Balaban J connectivity index is 2.25. The molecule has 0 aromatic heterocycles. The molecule has 0 saturated heterocycles. The van der Waals surface area contributed by atoms with Crippen molar-refractivity contribution in [3.8, 4) is 0 Å². The van der Waals surface area contributed by atoms with Crippen molar-refractivity contribution in [1.82, 2.24) is 0 Å². The van der Waals surface area contributed by atoms with E-state index in [1.54, 1.807) is 24.3 Å². The second-order valence-electron chi connectivity index (χ2n) is 4.88. The molecule has 0 aliphatic rings. The molecule has 5 heteroatoms. The van der Waals surface area contributed by atoms with Crippen molar-refractivity contribution in [2.24, 2.45) is 0 Å². The first-order chi connectivity index (χ1) is 9.37. The van der Waals surface area contributed by atoms with Crippen molar-refractivity contribution in [3.63, 3.8) is 0 Å². The lowest BCUT2D eigenvalue weighted by atomic mass is 10.1. The number of hydrogen-bond acceptors (Lipinski definition) is 3. The van der Waals surface area contributed by atoms with Gasteiger partial charge in [-0.2, -0.15) is 0 Å². The van der Waals surface area contributed by atoms with Crippen LogP contribution in [0.2, 0.25) is 0 Å². The van der Waals surface area contributed by atoms with Crippen molar-refractivity contribution < 1.29 is 8.42 Å². The van der Waals surface area contributed by atoms with Gasteiger partial charge in [-0.15, -0.1) is 0 Å². The molecular weight excluding hydrogens is 272 g/mol. The predicted octanol–water partition coefficient (Wildman–Crippen LogP) is 2.83. The van der Waals surface area contributed by atoms with Gasteiger partial charge in [-0.05, 0) is 42.7 Å². The Morgan fingerprint density at radius 1 is 1.05 bits per heavy atom. The fourth-order valence-corrected chi connectivity index (χ4v) is 3.48. The summed E-state index contributed by atoms with van der Waals surface area (Å²) in [5.41, 5.74) is 9.37. The maximum atomic E-state index is 12.2. The fraction of sp³-hybridized carbons (Fsp3) is 0.200. The van der Waals surface area contributed by atoms with E-state index in [2.05, 4.69) is 4.72 Å². The van der Waals surface area contributed by atoms with E-state index in [1.165, 1.54) is 0 Å². The minimum absolute atomic E-state index is 0.0445. The van der Waals surface area contributed by atoms with Gasteiger partial charge in [0.2, 0.25) is 10.0 Å². The Hall–Kier alpha value is -2.01. The summed E-state index contributed by atoms with van der Waals surface area (Å²) in [6.07, 6.45) is 0. The molecule has 0 unspecified atom stereocenters. The van der Waals surface area contributed by atoms with Crippen LogP contribution in [0.15, 0.2) is 42.5 Å². The van der Waals surface area contributed by atoms with Crippen molar-refractivity contribution in [1.29, 1.82) is 0 Å². The maximum absolute atomic E-state index is 12.2. The molecule has 0 fully saturated rings. The Kier molecular flexibility index (Phi) is 3.99. The molecule has 2 rings (SSSR count). The monoisotopic (exact) mass is 290 g/mol. The number of hydrogen-bond donors (Lipinski definition) is 2. The van der Waals surface area contributed by atoms with Crippen LogP contribution in [0.25, 0.3) is 0 Å². The highest BCUT2D eigenvalue weighted by Gasteiger charge is 2.14. The summed E-state index contributed by atoms with van der Waals surface area (Å²) in [7, 11) is -3.44. The lowest BCUT2D eigenvalue weighted by molar-refractivity contribution is 0.600. The normalized spacial score (nSPS) is 11.3. The Bertz CT molecular complexity index is 687. The fourth-order valence-electron chi connectivity index (χ4n) is 2.14. The summed E-state index contributed by atoms with van der Waals surface area (Å²) in [4.78, 5) is 0. The van der Waals surface area contributed by atoms with E-state index in [0.29, 0.717) is 11.4 Å². The zero-order valence-corrected chi connectivity index (χ0v) is 12.4. The number of anilines is 2. The molecule has 0 atom stereocenters. The summed E-state index contributed by atoms with van der Waals surface area (Å²) in [6, 6.07) is 12.6. The minimum atomic E-state index is -3.44. The van der Waals surface area contributed by atoms with Crippen LogP contribution < -0.4 is 10.5 Å². The van der Waals surface area contributed by atoms with Gasteiger partial charge < -0.3 is 5.73 Å². The topological polar surface area (TPSA) is 72.2 Å². The molecule has 20 heavy (non-hydrogen) atoms. The zero-order valence-electron chi connectivity index (χ0n) is 11.6. The lowest BCUT2D eigenvalue weighted by Crippen LogP contribution is -2.16. The summed E-state index contributed by atoms with van der Waals surface area (Å²) in [6.45, 7) is 3.67. The number of nitrogens with two attached hydrogens (primary N) is 1. The van der Waals surface area contributed by atoms with E-state index in [0.717, 1.165) is 16.7 Å². The highest BCUT2D eigenvalue weighted by atomic mass is 32.2. The third-order valence-electron chi connectivity index (χ3n) is 3.01. The van der Waals surface area contributed by atoms with E-state index in [4.69, 9.17) is 5.73 Å². The molecule has 0 amide bonds. The van der Waals surface area contributed by atoms with Gasteiger partial charge in [-0.25, -0.2) is 8.42 Å². The molecule has 2 aromatic rings. The van der Waals surface area contributed by atoms with Gasteiger partial charge in [-0.3, -0.25) is 4.72 Å². The highest BCUT2D eigenvalue weighted by Crippen LogP contribution is 2.25. The van der Waals surface area contributed by atoms with Crippen molar-refractivity contribution in [2.45, 2.75) is 19.6 Å². The van der Waals surface area contributed by atoms with Crippen LogP contribution in [0.5, 0.6) is 0 Å². The van der Waals surface area contributed by atoms with E-state index < -0.39 is 10.0 Å². The first kappa shape index (κ1) is 14.4. The standard InChI is InChI=1S/C15H18N2O2S/c1-11-8-14(16)9-12(2)15(11)17-20(18,19)10-13-6-4-3-5-7-13/h3-9,17H,10,16H2,1-2H3. The molecule has 106 valence electrons. The molecule has 0 spiro atoms.